The van der Waals surface area contributed by atoms with Crippen molar-refractivity contribution in [2.75, 3.05) is 24.7 Å². The van der Waals surface area contributed by atoms with Crippen molar-refractivity contribution in [2.45, 2.75) is 31.0 Å². The Labute approximate surface area is 110 Å². The number of nitrogens with one attached hydrogen (secondary N) is 1. The third-order valence-electron chi connectivity index (χ3n) is 2.10. The van der Waals surface area contributed by atoms with Gasteiger partial charge in [0.25, 0.3) is 5.56 Å². The van der Waals surface area contributed by atoms with E-state index in [0.717, 1.165) is 12.8 Å². The number of unbranched alkanes of at least 4 members (excludes halogenated alkanes) is 1. The van der Waals surface area contributed by atoms with Gasteiger partial charge < -0.3 is 20.6 Å². The summed E-state index contributed by atoms with van der Waals surface area (Å²) in [6.45, 7) is 3.03. The first kappa shape index (κ1) is 15.0. The number of rotatable bonds is 8. The van der Waals surface area contributed by atoms with Crippen LogP contribution in [0.15, 0.2) is 16.0 Å². The van der Waals surface area contributed by atoms with Gasteiger partial charge in [-0.25, -0.2) is 4.98 Å². The van der Waals surface area contributed by atoms with E-state index in [2.05, 4.69) is 16.9 Å². The van der Waals surface area contributed by atoms with E-state index in [-0.39, 0.29) is 11.4 Å². The molecule has 7 heteroatoms. The minimum Gasteiger partial charge on any atom is -0.390 e. The minimum absolute atomic E-state index is 0.176. The SMILES string of the molecule is CCCCOCC(O)CSc1nc(N)cc(=O)[nH]1. The third kappa shape index (κ3) is 6.04. The Balaban J connectivity index is 2.29. The van der Waals surface area contributed by atoms with Crippen molar-refractivity contribution in [1.82, 2.24) is 9.97 Å². The van der Waals surface area contributed by atoms with Gasteiger partial charge in [0.05, 0.1) is 12.7 Å². The number of nitrogens with zero attached hydrogens (tertiary/aromatic N) is 1. The number of H-pyrrole nitrogens is 1. The highest BCUT2D eigenvalue weighted by Crippen LogP contribution is 2.13. The second kappa shape index (κ2) is 8.12. The van der Waals surface area contributed by atoms with E-state index in [0.29, 0.717) is 24.1 Å². The van der Waals surface area contributed by atoms with Crippen molar-refractivity contribution < 1.29 is 9.84 Å². The lowest BCUT2D eigenvalue weighted by Crippen LogP contribution is -2.19. The predicted octanol–water partition coefficient (Wildman–Crippen LogP) is 0.622. The van der Waals surface area contributed by atoms with Gasteiger partial charge in [-0.3, -0.25) is 4.79 Å². The average Bonchev–Trinajstić information content (AvgIpc) is 2.31. The fourth-order valence-corrected chi connectivity index (χ4v) is 2.00. The molecule has 1 rings (SSSR count). The van der Waals surface area contributed by atoms with E-state index in [4.69, 9.17) is 10.5 Å². The summed E-state index contributed by atoms with van der Waals surface area (Å²) in [5.41, 5.74) is 5.15. The monoisotopic (exact) mass is 273 g/mol. The smallest absolute Gasteiger partial charge is 0.253 e. The topological polar surface area (TPSA) is 101 Å². The van der Waals surface area contributed by atoms with Crippen molar-refractivity contribution in [3.63, 3.8) is 0 Å². The van der Waals surface area contributed by atoms with E-state index in [9.17, 15) is 9.90 Å². The molecule has 1 aromatic rings. The number of nitrogens with two attached hydrogens (primary N) is 1. The van der Waals surface area contributed by atoms with E-state index >= 15 is 0 Å². The van der Waals surface area contributed by atoms with Gasteiger partial charge in [0, 0.05) is 18.4 Å². The largest absolute Gasteiger partial charge is 0.390 e. The molecule has 0 saturated carbocycles. The number of ether oxygens (including phenoxy) is 1. The molecule has 102 valence electrons. The molecule has 1 unspecified atom stereocenters. The van der Waals surface area contributed by atoms with Crippen molar-refractivity contribution in [3.05, 3.63) is 16.4 Å². The molecule has 4 N–H and O–H groups in total. The quantitative estimate of drug-likeness (QED) is 0.365. The summed E-state index contributed by atoms with van der Waals surface area (Å²) < 4.78 is 5.29. The summed E-state index contributed by atoms with van der Waals surface area (Å²) in [5.74, 6) is 0.577. The van der Waals surface area contributed by atoms with Crippen molar-refractivity contribution >= 4 is 17.6 Å². The lowest BCUT2D eigenvalue weighted by atomic mass is 10.3. The Morgan fingerprint density at radius 3 is 3.11 bits per heavy atom. The van der Waals surface area contributed by atoms with E-state index in [1.165, 1.54) is 17.8 Å². The van der Waals surface area contributed by atoms with E-state index in [1.54, 1.807) is 0 Å². The molecule has 0 aliphatic rings. The molecule has 0 bridgehead atoms. The number of aromatic nitrogens is 2. The summed E-state index contributed by atoms with van der Waals surface area (Å²) in [6, 6.07) is 1.22. The molecule has 0 radical (unpaired) electrons. The number of anilines is 1. The maximum Gasteiger partial charge on any atom is 0.253 e. The number of hydrogen-bond acceptors (Lipinski definition) is 6. The van der Waals surface area contributed by atoms with Crippen LogP contribution in [-0.2, 0) is 4.74 Å². The van der Waals surface area contributed by atoms with Gasteiger partial charge in [-0.1, -0.05) is 25.1 Å². The Kier molecular flexibility index (Phi) is 6.77. The maximum atomic E-state index is 11.1. The van der Waals surface area contributed by atoms with Gasteiger partial charge in [-0.05, 0) is 6.42 Å². The van der Waals surface area contributed by atoms with Crippen LogP contribution < -0.4 is 11.3 Å². The fourth-order valence-electron chi connectivity index (χ4n) is 1.21. The zero-order valence-corrected chi connectivity index (χ0v) is 11.2. The molecular weight excluding hydrogens is 254 g/mol. The Morgan fingerprint density at radius 2 is 2.44 bits per heavy atom. The molecule has 0 aromatic carbocycles. The average molecular weight is 273 g/mol. The number of hydrogen-bond donors (Lipinski definition) is 3. The molecule has 0 aliphatic heterocycles. The fraction of sp³-hybridized carbons (Fsp3) is 0.636. The van der Waals surface area contributed by atoms with Gasteiger partial charge in [-0.15, -0.1) is 0 Å². The number of aromatic amines is 1. The molecule has 0 amide bonds. The first-order chi connectivity index (χ1) is 8.61. The van der Waals surface area contributed by atoms with E-state index in [1.807, 2.05) is 0 Å². The Bertz CT molecular complexity index is 411. The first-order valence-corrected chi connectivity index (χ1v) is 6.85. The summed E-state index contributed by atoms with van der Waals surface area (Å²) in [5, 5.41) is 10.1. The molecule has 0 spiro atoms. The highest BCUT2D eigenvalue weighted by Gasteiger charge is 2.07. The molecule has 1 atom stereocenters. The van der Waals surface area contributed by atoms with Crippen molar-refractivity contribution in [2.24, 2.45) is 0 Å². The second-order valence-electron chi connectivity index (χ2n) is 3.87. The van der Waals surface area contributed by atoms with Crippen LogP contribution in [0.5, 0.6) is 0 Å². The van der Waals surface area contributed by atoms with Gasteiger partial charge in [0.2, 0.25) is 0 Å². The van der Waals surface area contributed by atoms with Crippen molar-refractivity contribution in [1.29, 1.82) is 0 Å². The third-order valence-corrected chi connectivity index (χ3v) is 3.12. The van der Waals surface area contributed by atoms with Crippen LogP contribution in [0.3, 0.4) is 0 Å². The summed E-state index contributed by atoms with van der Waals surface area (Å²) >= 11 is 1.24. The van der Waals surface area contributed by atoms with Gasteiger partial charge >= 0.3 is 0 Å². The van der Waals surface area contributed by atoms with Crippen LogP contribution in [0.25, 0.3) is 0 Å². The molecule has 18 heavy (non-hydrogen) atoms. The lowest BCUT2D eigenvalue weighted by Gasteiger charge is -2.10. The van der Waals surface area contributed by atoms with Crippen LogP contribution >= 0.6 is 11.8 Å². The minimum atomic E-state index is -0.585. The summed E-state index contributed by atoms with van der Waals surface area (Å²) in [7, 11) is 0. The molecule has 6 nitrogen and oxygen atoms in total. The van der Waals surface area contributed by atoms with Crippen LogP contribution in [0.2, 0.25) is 0 Å². The van der Waals surface area contributed by atoms with Gasteiger partial charge in [0.1, 0.15) is 5.82 Å². The van der Waals surface area contributed by atoms with Crippen LogP contribution in [0.1, 0.15) is 19.8 Å². The zero-order chi connectivity index (χ0) is 13.4. The summed E-state index contributed by atoms with van der Waals surface area (Å²) in [4.78, 5) is 17.6. The molecule has 0 fully saturated rings. The number of nitrogen functional groups attached to an aromatic ring is 1. The Hall–Kier alpha value is -1.05. The molecular formula is C11H19N3O3S. The van der Waals surface area contributed by atoms with Crippen LogP contribution in [-0.4, -0.2) is 40.1 Å². The van der Waals surface area contributed by atoms with Crippen LogP contribution in [0.4, 0.5) is 5.82 Å². The first-order valence-electron chi connectivity index (χ1n) is 5.87. The highest BCUT2D eigenvalue weighted by molar-refractivity contribution is 7.99. The second-order valence-corrected chi connectivity index (χ2v) is 4.88. The number of aliphatic hydroxyl groups is 1. The van der Waals surface area contributed by atoms with Gasteiger partial charge in [-0.2, -0.15) is 0 Å². The maximum absolute atomic E-state index is 11.1. The predicted molar refractivity (Wildman–Crippen MR) is 71.7 cm³/mol. The standard InChI is InChI=1S/C11H19N3O3S/c1-2-3-4-17-6-8(15)7-18-11-13-9(12)5-10(16)14-11/h5,8,15H,2-4,6-7H2,1H3,(H3,12,13,14,16). The molecule has 1 aromatic heterocycles. The van der Waals surface area contributed by atoms with Crippen LogP contribution in [0, 0.1) is 0 Å². The molecule has 1 heterocycles. The zero-order valence-electron chi connectivity index (χ0n) is 10.4. The van der Waals surface area contributed by atoms with Crippen molar-refractivity contribution in [3.8, 4) is 0 Å². The van der Waals surface area contributed by atoms with E-state index < -0.39 is 6.10 Å². The highest BCUT2D eigenvalue weighted by atomic mass is 32.2. The van der Waals surface area contributed by atoms with Gasteiger partial charge in [0.15, 0.2) is 5.16 Å². The Morgan fingerprint density at radius 1 is 1.67 bits per heavy atom. The normalized spacial score (nSPS) is 12.6. The number of aliphatic hydroxyl groups excluding tert-OH is 1. The lowest BCUT2D eigenvalue weighted by molar-refractivity contribution is 0.0473. The molecule has 0 aliphatic carbocycles. The number of thioether (sulfide) groups is 1. The molecule has 0 saturated heterocycles. The summed E-state index contributed by atoms with van der Waals surface area (Å²) in [6.07, 6.45) is 1.47.